The topological polar surface area (TPSA) is 70.2 Å². The first-order valence-electron chi connectivity index (χ1n) is 8.86. The lowest BCUT2D eigenvalue weighted by Crippen LogP contribution is -2.39. The molecule has 0 atom stereocenters. The lowest BCUT2D eigenvalue weighted by atomic mass is 9.97. The van der Waals surface area contributed by atoms with E-state index in [0.29, 0.717) is 11.0 Å². The maximum Gasteiger partial charge on any atom is 0.321 e. The second kappa shape index (κ2) is 8.92. The molecule has 2 heterocycles. The molecule has 6 nitrogen and oxygen atoms in total. The number of nitrogens with one attached hydrogen (secondary N) is 2. The van der Waals surface area contributed by atoms with Crippen molar-refractivity contribution in [1.29, 1.82) is 0 Å². The van der Waals surface area contributed by atoms with Gasteiger partial charge in [-0.3, -0.25) is 5.32 Å². The number of piperidine rings is 1. The smallest absolute Gasteiger partial charge is 0.321 e. The molecule has 1 fully saturated rings. The molecule has 134 valence electrons. The Morgan fingerprint density at radius 2 is 2.00 bits per heavy atom. The number of nitrogens with zero attached hydrogens (tertiary/aromatic N) is 3. The SMILES string of the molecule is CCN1CCC(CNC(=O)Nc2nnc(Cc3ccccc3)s2)CC1. The van der Waals surface area contributed by atoms with Gasteiger partial charge in [0, 0.05) is 13.0 Å². The van der Waals surface area contributed by atoms with E-state index in [9.17, 15) is 4.79 Å². The van der Waals surface area contributed by atoms with Crippen molar-refractivity contribution in [3.05, 3.63) is 40.9 Å². The summed E-state index contributed by atoms with van der Waals surface area (Å²) in [6.45, 7) is 6.29. The number of anilines is 1. The van der Waals surface area contributed by atoms with Crippen LogP contribution in [0.2, 0.25) is 0 Å². The summed E-state index contributed by atoms with van der Waals surface area (Å²) in [7, 11) is 0. The van der Waals surface area contributed by atoms with Gasteiger partial charge in [-0.1, -0.05) is 48.6 Å². The summed E-state index contributed by atoms with van der Waals surface area (Å²) in [6.07, 6.45) is 3.03. The number of aromatic nitrogens is 2. The van der Waals surface area contributed by atoms with E-state index in [2.05, 4.69) is 44.8 Å². The Labute approximate surface area is 152 Å². The first kappa shape index (κ1) is 17.8. The molecule has 25 heavy (non-hydrogen) atoms. The molecule has 1 aliphatic heterocycles. The van der Waals surface area contributed by atoms with Gasteiger partial charge >= 0.3 is 6.03 Å². The quantitative estimate of drug-likeness (QED) is 0.832. The number of carbonyl (C=O) groups is 1. The fraction of sp³-hybridized carbons (Fsp3) is 0.500. The molecule has 0 spiro atoms. The van der Waals surface area contributed by atoms with E-state index in [1.165, 1.54) is 16.9 Å². The van der Waals surface area contributed by atoms with Crippen molar-refractivity contribution >= 4 is 22.5 Å². The Bertz CT molecular complexity index is 667. The molecule has 0 radical (unpaired) electrons. The van der Waals surface area contributed by atoms with E-state index in [-0.39, 0.29) is 6.03 Å². The van der Waals surface area contributed by atoms with Crippen molar-refractivity contribution in [2.75, 3.05) is 31.5 Å². The molecule has 3 rings (SSSR count). The Kier molecular flexibility index (Phi) is 6.36. The summed E-state index contributed by atoms with van der Waals surface area (Å²) in [5.41, 5.74) is 1.19. The standard InChI is InChI=1S/C18H25N5OS/c1-2-23-10-8-15(9-11-23)13-19-17(24)20-18-22-21-16(25-18)12-14-6-4-3-5-7-14/h3-7,15H,2,8-13H2,1H3,(H2,19,20,22,24). The maximum atomic E-state index is 12.0. The van der Waals surface area contributed by atoms with Crippen molar-refractivity contribution in [2.45, 2.75) is 26.2 Å². The molecule has 1 aliphatic rings. The molecular weight excluding hydrogens is 334 g/mol. The number of urea groups is 1. The van der Waals surface area contributed by atoms with E-state index in [1.54, 1.807) is 0 Å². The van der Waals surface area contributed by atoms with E-state index in [0.717, 1.165) is 50.4 Å². The molecular formula is C18H25N5OS. The summed E-state index contributed by atoms with van der Waals surface area (Å²) in [5.74, 6) is 0.566. The number of amides is 2. The van der Waals surface area contributed by atoms with Crippen molar-refractivity contribution < 1.29 is 4.79 Å². The van der Waals surface area contributed by atoms with Crippen LogP contribution < -0.4 is 10.6 Å². The van der Waals surface area contributed by atoms with E-state index >= 15 is 0 Å². The van der Waals surface area contributed by atoms with Gasteiger partial charge in [-0.25, -0.2) is 4.79 Å². The fourth-order valence-electron chi connectivity index (χ4n) is 3.03. The lowest BCUT2D eigenvalue weighted by molar-refractivity contribution is 0.190. The summed E-state index contributed by atoms with van der Waals surface area (Å²) in [5, 5.41) is 15.4. The van der Waals surface area contributed by atoms with Crippen LogP contribution in [-0.4, -0.2) is 47.3 Å². The van der Waals surface area contributed by atoms with Gasteiger partial charge in [-0.2, -0.15) is 0 Å². The highest BCUT2D eigenvalue weighted by Crippen LogP contribution is 2.19. The van der Waals surface area contributed by atoms with Gasteiger partial charge in [-0.05, 0) is 44.0 Å². The van der Waals surface area contributed by atoms with Crippen LogP contribution in [-0.2, 0) is 6.42 Å². The normalized spacial score (nSPS) is 15.9. The lowest BCUT2D eigenvalue weighted by Gasteiger charge is -2.30. The Morgan fingerprint density at radius 3 is 2.72 bits per heavy atom. The number of hydrogen-bond acceptors (Lipinski definition) is 5. The second-order valence-corrected chi connectivity index (χ2v) is 7.44. The van der Waals surface area contributed by atoms with Gasteiger partial charge in [0.05, 0.1) is 0 Å². The number of carbonyl (C=O) groups excluding carboxylic acids is 1. The zero-order valence-electron chi connectivity index (χ0n) is 14.6. The summed E-state index contributed by atoms with van der Waals surface area (Å²) < 4.78 is 0. The van der Waals surface area contributed by atoms with Gasteiger partial charge in [-0.15, -0.1) is 10.2 Å². The average molecular weight is 359 g/mol. The first-order valence-corrected chi connectivity index (χ1v) is 9.68. The molecule has 0 saturated carbocycles. The second-order valence-electron chi connectivity index (χ2n) is 6.38. The van der Waals surface area contributed by atoms with Crippen LogP contribution >= 0.6 is 11.3 Å². The predicted molar refractivity (Wildman–Crippen MR) is 101 cm³/mol. The molecule has 7 heteroatoms. The number of likely N-dealkylation sites (tertiary alicyclic amines) is 1. The number of rotatable bonds is 6. The number of hydrogen-bond donors (Lipinski definition) is 2. The predicted octanol–water partition coefficient (Wildman–Crippen LogP) is 2.98. The third kappa shape index (κ3) is 5.51. The van der Waals surface area contributed by atoms with Crippen LogP contribution in [0.3, 0.4) is 0 Å². The minimum absolute atomic E-state index is 0.194. The molecule has 1 saturated heterocycles. The number of benzene rings is 1. The molecule has 2 amide bonds. The first-order chi connectivity index (χ1) is 12.2. The Morgan fingerprint density at radius 1 is 1.24 bits per heavy atom. The Balaban J connectivity index is 1.41. The molecule has 0 unspecified atom stereocenters. The van der Waals surface area contributed by atoms with E-state index < -0.39 is 0 Å². The third-order valence-corrected chi connectivity index (χ3v) is 5.43. The minimum atomic E-state index is -0.194. The highest BCUT2D eigenvalue weighted by Gasteiger charge is 2.18. The van der Waals surface area contributed by atoms with Crippen molar-refractivity contribution in [3.8, 4) is 0 Å². The van der Waals surface area contributed by atoms with Crippen LogP contribution in [0.25, 0.3) is 0 Å². The van der Waals surface area contributed by atoms with Gasteiger partial charge in [0.15, 0.2) is 0 Å². The van der Waals surface area contributed by atoms with Gasteiger partial charge < -0.3 is 10.2 Å². The molecule has 0 bridgehead atoms. The van der Waals surface area contributed by atoms with Gasteiger partial charge in [0.2, 0.25) is 5.13 Å². The molecule has 2 aromatic rings. The van der Waals surface area contributed by atoms with Gasteiger partial charge in [0.1, 0.15) is 5.01 Å². The maximum absolute atomic E-state index is 12.0. The van der Waals surface area contributed by atoms with Crippen LogP contribution in [0.15, 0.2) is 30.3 Å². The zero-order valence-corrected chi connectivity index (χ0v) is 15.4. The van der Waals surface area contributed by atoms with Gasteiger partial charge in [0.25, 0.3) is 0 Å². The van der Waals surface area contributed by atoms with Crippen LogP contribution in [0.4, 0.5) is 9.93 Å². The molecule has 1 aromatic heterocycles. The summed E-state index contributed by atoms with van der Waals surface area (Å²) >= 11 is 1.42. The molecule has 0 aliphatic carbocycles. The van der Waals surface area contributed by atoms with Crippen LogP contribution in [0.1, 0.15) is 30.3 Å². The van der Waals surface area contributed by atoms with E-state index in [4.69, 9.17) is 0 Å². The van der Waals surface area contributed by atoms with Crippen molar-refractivity contribution in [3.63, 3.8) is 0 Å². The molecule has 2 N–H and O–H groups in total. The highest BCUT2D eigenvalue weighted by atomic mass is 32.1. The van der Waals surface area contributed by atoms with Crippen molar-refractivity contribution in [2.24, 2.45) is 5.92 Å². The summed E-state index contributed by atoms with van der Waals surface area (Å²) in [6, 6.07) is 9.94. The summed E-state index contributed by atoms with van der Waals surface area (Å²) in [4.78, 5) is 14.5. The van der Waals surface area contributed by atoms with E-state index in [1.807, 2.05) is 18.2 Å². The van der Waals surface area contributed by atoms with Crippen molar-refractivity contribution in [1.82, 2.24) is 20.4 Å². The van der Waals surface area contributed by atoms with Crippen LogP contribution in [0, 0.1) is 5.92 Å². The average Bonchev–Trinajstić information content (AvgIpc) is 3.08. The Hall–Kier alpha value is -1.99. The molecule has 1 aromatic carbocycles. The monoisotopic (exact) mass is 359 g/mol. The third-order valence-electron chi connectivity index (χ3n) is 4.59. The van der Waals surface area contributed by atoms with Crippen LogP contribution in [0.5, 0.6) is 0 Å². The fourth-order valence-corrected chi connectivity index (χ4v) is 3.80. The minimum Gasteiger partial charge on any atom is -0.338 e. The zero-order chi connectivity index (χ0) is 17.5. The highest BCUT2D eigenvalue weighted by molar-refractivity contribution is 7.15. The largest absolute Gasteiger partial charge is 0.338 e.